The van der Waals surface area contributed by atoms with Crippen LogP contribution in [-0.4, -0.2) is 203 Å². The molecule has 458 valence electrons. The van der Waals surface area contributed by atoms with Gasteiger partial charge in [0.15, 0.2) is 0 Å². The van der Waals surface area contributed by atoms with E-state index in [0.29, 0.717) is 19.3 Å². The summed E-state index contributed by atoms with van der Waals surface area (Å²) in [5.74, 6) is -4.29. The van der Waals surface area contributed by atoms with Crippen molar-refractivity contribution in [1.29, 1.82) is 0 Å². The van der Waals surface area contributed by atoms with E-state index < -0.39 is 63.4 Å². The number of hydrogen-bond acceptors (Lipinski definition) is 20. The molecule has 0 radical (unpaired) electrons. The second-order valence-electron chi connectivity index (χ2n) is 19.4. The molecule has 0 spiro atoms. The molecule has 6 amide bonds. The first-order chi connectivity index (χ1) is 40.6. The number of Topliss-reactive ketones (excluding diaryl/α,β-unsaturated/α-hetero) is 1. The number of ketones is 1. The highest BCUT2D eigenvalue weighted by atomic mass is 16.5. The lowest BCUT2D eigenvalue weighted by Gasteiger charge is -2.32. The lowest BCUT2D eigenvalue weighted by molar-refractivity contribution is -0.121. The largest absolute Gasteiger partial charge is 0.425 e. The number of nitrogens with one attached hydrogen (secondary N) is 6. The summed E-state index contributed by atoms with van der Waals surface area (Å²) in [6.45, 7) is 2.41. The number of nitrogens with zero attached hydrogens (tertiary/aromatic N) is 8. The zero-order chi connectivity index (χ0) is 62.0. The lowest BCUT2D eigenvalue weighted by atomic mass is 10.1. The average molecular weight is 1190 g/mol. The van der Waals surface area contributed by atoms with Crippen LogP contribution in [0.5, 0.6) is 0 Å². The van der Waals surface area contributed by atoms with Gasteiger partial charge in [-0.15, -0.1) is 23.7 Å². The van der Waals surface area contributed by atoms with Gasteiger partial charge in [0, 0.05) is 141 Å². The van der Waals surface area contributed by atoms with Crippen molar-refractivity contribution in [3.8, 4) is 0 Å². The molecule has 1 unspecified atom stereocenters. The number of aromatic nitrogens is 5. The van der Waals surface area contributed by atoms with Gasteiger partial charge in [-0.2, -0.15) is 0 Å². The zero-order valence-corrected chi connectivity index (χ0v) is 46.6. The monoisotopic (exact) mass is 1190 g/mol. The van der Waals surface area contributed by atoms with Crippen molar-refractivity contribution in [2.24, 2.45) is 0 Å². The van der Waals surface area contributed by atoms with E-state index in [-0.39, 0.29) is 175 Å². The highest BCUT2D eigenvalue weighted by Gasteiger charge is 2.23. The third-order valence-corrected chi connectivity index (χ3v) is 13.2. The van der Waals surface area contributed by atoms with Gasteiger partial charge in [-0.25, -0.2) is 0 Å². The van der Waals surface area contributed by atoms with E-state index in [1.807, 2.05) is 14.7 Å². The molecule has 1 atom stereocenters. The Labute approximate surface area is 484 Å². The molecule has 0 fully saturated rings. The number of unbranched alkanes of at least 4 members (excludes halogenated alkanes) is 1. The summed E-state index contributed by atoms with van der Waals surface area (Å²) in [7, 11) is 0. The number of carbonyl (C=O) groups is 7. The lowest BCUT2D eigenvalue weighted by Crippen LogP contribution is -2.50. The van der Waals surface area contributed by atoms with Crippen LogP contribution in [0.2, 0.25) is 0 Å². The number of carbonyl (C=O) groups excluding carboxylic acids is 7. The van der Waals surface area contributed by atoms with Gasteiger partial charge in [-0.3, -0.25) is 67.4 Å². The molecule has 85 heavy (non-hydrogen) atoms. The fraction of sp³-hybridized carbons (Fsp3) is 0.407. The van der Waals surface area contributed by atoms with E-state index in [1.165, 1.54) is 67.6 Å². The molecule has 5 aromatic rings. The van der Waals surface area contributed by atoms with Gasteiger partial charge in [0.2, 0.25) is 5.91 Å². The zero-order valence-electron chi connectivity index (χ0n) is 46.6. The van der Waals surface area contributed by atoms with Crippen molar-refractivity contribution in [2.75, 3.05) is 91.6 Å². The fourth-order valence-electron chi connectivity index (χ4n) is 8.58. The van der Waals surface area contributed by atoms with Crippen LogP contribution in [0, 0.1) is 0 Å². The molecule has 0 aliphatic rings. The Morgan fingerprint density at radius 2 is 0.706 bits per heavy atom. The summed E-state index contributed by atoms with van der Waals surface area (Å²) in [4.78, 5) is 157. The molecule has 5 rings (SSSR count). The molecule has 31 heteroatoms. The predicted octanol–water partition coefficient (Wildman–Crippen LogP) is -2.55. The molecule has 11 N–H and O–H groups in total. The topological polar surface area (TPSA) is 413 Å². The van der Waals surface area contributed by atoms with E-state index in [2.05, 4.69) is 31.9 Å². The Balaban J connectivity index is 1.42. The van der Waals surface area contributed by atoms with Crippen LogP contribution < -0.4 is 59.7 Å². The second kappa shape index (κ2) is 33.3. The minimum Gasteiger partial charge on any atom is -0.425 e. The molecule has 0 aliphatic carbocycles. The highest BCUT2D eigenvalue weighted by molar-refractivity contribution is 5.94. The third kappa shape index (κ3) is 20.8. The van der Waals surface area contributed by atoms with E-state index in [1.54, 1.807) is 0 Å². The highest BCUT2D eigenvalue weighted by Crippen LogP contribution is 2.08. The Bertz CT molecular complexity index is 3370. The second-order valence-corrected chi connectivity index (χ2v) is 19.4. The molecule has 5 heterocycles. The van der Waals surface area contributed by atoms with E-state index in [9.17, 15) is 83.6 Å². The first kappa shape index (κ1) is 65.9. The first-order valence-electron chi connectivity index (χ1n) is 27.1. The van der Waals surface area contributed by atoms with Crippen LogP contribution in [0.15, 0.2) is 115 Å². The van der Waals surface area contributed by atoms with Crippen molar-refractivity contribution < 1.29 is 59.6 Å². The number of amides is 6. The van der Waals surface area contributed by atoms with Crippen LogP contribution >= 0.6 is 0 Å². The summed E-state index contributed by atoms with van der Waals surface area (Å²) in [6, 6.07) is 17.1. The van der Waals surface area contributed by atoms with Crippen molar-refractivity contribution in [2.45, 2.75) is 51.5 Å². The smallest absolute Gasteiger partial charge is 0.283 e. The molecule has 0 aliphatic heterocycles. The maximum atomic E-state index is 13.8. The van der Waals surface area contributed by atoms with Crippen molar-refractivity contribution in [1.82, 2.24) is 70.3 Å². The average Bonchev–Trinajstić information content (AvgIpc) is 3.66. The minimum atomic E-state index is -0.873. The number of hydrogen-bond donors (Lipinski definition) is 11. The fourth-order valence-corrected chi connectivity index (χ4v) is 8.58. The van der Waals surface area contributed by atoms with E-state index in [0.717, 1.165) is 30.3 Å². The molecule has 0 saturated heterocycles. The SMILES string of the molecule is CC(=O)CCCC(=O)NCCCCC(CN(CCNC(=O)c1cccc(=O)n1O)CCN(CCNC(=O)c1cccc(=O)n1O)CCN(CCNC(=O)c1cccc(=O)n1O)CCNC(=O)c1cccc(=O)n1O)NC(=O)c1cccc(=O)n1O. The standard InChI is InChI=1S/C54H70N14O17/c1-37(69)10-4-17-44(70)55-23-3-2-11-38(60-54(80)43-16-9-22-49(75)68(43)85)36-63(31-27-59-53(79)42-15-8-21-48(74)67(42)84)35-34-62(30-26-58-52(78)41-14-7-20-47(73)66(41)83)33-32-61(28-24-56-50(76)39-12-5-18-45(71)64(39)81)29-25-57-51(77)40-13-6-19-46(72)65(40)82/h5-9,12-16,18-22,38,81-85H,2-4,10-11,17,23-36H2,1H3,(H,55,70)(H,56,76)(H,57,77)(H,58,78)(H,59,79)(H,60,80). The van der Waals surface area contributed by atoms with Gasteiger partial charge in [-0.05, 0) is 62.9 Å². The molecular weight excluding hydrogens is 1120 g/mol. The van der Waals surface area contributed by atoms with Crippen LogP contribution in [0.1, 0.15) is 97.9 Å². The van der Waals surface area contributed by atoms with Crippen molar-refractivity contribution >= 4 is 41.2 Å². The third-order valence-electron chi connectivity index (χ3n) is 13.2. The van der Waals surface area contributed by atoms with Crippen LogP contribution in [0.3, 0.4) is 0 Å². The van der Waals surface area contributed by atoms with Crippen molar-refractivity contribution in [3.63, 3.8) is 0 Å². The van der Waals surface area contributed by atoms with Gasteiger partial charge in [0.25, 0.3) is 57.3 Å². The molecule has 31 nitrogen and oxygen atoms in total. The molecule has 0 aromatic carbocycles. The summed E-state index contributed by atoms with van der Waals surface area (Å²) in [5, 5.41) is 67.9. The van der Waals surface area contributed by atoms with Gasteiger partial charge in [-0.1, -0.05) is 30.3 Å². The van der Waals surface area contributed by atoms with Gasteiger partial charge in [0.1, 0.15) is 34.3 Å². The Hall–Kier alpha value is -9.88. The first-order valence-corrected chi connectivity index (χ1v) is 27.1. The van der Waals surface area contributed by atoms with Crippen LogP contribution in [0.25, 0.3) is 0 Å². The Morgan fingerprint density at radius 1 is 0.388 bits per heavy atom. The van der Waals surface area contributed by atoms with Crippen molar-refractivity contribution in [3.05, 3.63) is 171 Å². The minimum absolute atomic E-state index is 0.0421. The van der Waals surface area contributed by atoms with Gasteiger partial charge < -0.3 is 62.7 Å². The quantitative estimate of drug-likeness (QED) is 0.0147. The summed E-state index contributed by atoms with van der Waals surface area (Å²) in [5.41, 5.74) is -6.07. The van der Waals surface area contributed by atoms with Crippen LogP contribution in [0.4, 0.5) is 0 Å². The van der Waals surface area contributed by atoms with E-state index in [4.69, 9.17) is 0 Å². The van der Waals surface area contributed by atoms with Gasteiger partial charge >= 0.3 is 0 Å². The number of pyridine rings is 5. The number of rotatable bonds is 35. The maximum absolute atomic E-state index is 13.8. The van der Waals surface area contributed by atoms with Crippen LogP contribution in [-0.2, 0) is 9.59 Å². The Morgan fingerprint density at radius 3 is 1.06 bits per heavy atom. The normalized spacial score (nSPS) is 11.5. The predicted molar refractivity (Wildman–Crippen MR) is 301 cm³/mol. The molecule has 0 saturated carbocycles. The van der Waals surface area contributed by atoms with Gasteiger partial charge in [0.05, 0.1) is 0 Å². The molecule has 0 bridgehead atoms. The Kier molecular flexibility index (Phi) is 25.8. The summed E-state index contributed by atoms with van der Waals surface area (Å²) >= 11 is 0. The summed E-state index contributed by atoms with van der Waals surface area (Å²) < 4.78 is 0.937. The summed E-state index contributed by atoms with van der Waals surface area (Å²) in [6.07, 6.45) is 1.93. The maximum Gasteiger partial charge on any atom is 0.283 e. The van der Waals surface area contributed by atoms with E-state index >= 15 is 0 Å². The molecule has 5 aromatic heterocycles. The molecular formula is C54H70N14O17.